The Morgan fingerprint density at radius 2 is 1.92 bits per heavy atom. The second kappa shape index (κ2) is 7.09. The van der Waals surface area contributed by atoms with E-state index in [0.29, 0.717) is 5.89 Å². The molecule has 0 aliphatic rings. The first-order valence-corrected chi connectivity index (χ1v) is 8.64. The molecule has 0 amide bonds. The van der Waals surface area contributed by atoms with Gasteiger partial charge in [-0.25, -0.2) is 4.98 Å². The van der Waals surface area contributed by atoms with E-state index in [1.165, 1.54) is 0 Å². The van der Waals surface area contributed by atoms with Gasteiger partial charge >= 0.3 is 0 Å². The van der Waals surface area contributed by atoms with Crippen LogP contribution in [0.15, 0.2) is 46.3 Å². The van der Waals surface area contributed by atoms with E-state index in [2.05, 4.69) is 15.1 Å². The van der Waals surface area contributed by atoms with Crippen molar-refractivity contribution in [2.45, 2.75) is 37.1 Å². The Balaban J connectivity index is 1.79. The highest BCUT2D eigenvalue weighted by Crippen LogP contribution is 2.34. The van der Waals surface area contributed by atoms with Gasteiger partial charge in [-0.2, -0.15) is 4.98 Å². The predicted molar refractivity (Wildman–Crippen MR) is 92.8 cm³/mol. The molecule has 2 heterocycles. The molecule has 2 aromatic heterocycles. The molecule has 0 saturated carbocycles. The van der Waals surface area contributed by atoms with Crippen LogP contribution in [-0.2, 0) is 0 Å². The number of benzene rings is 1. The Morgan fingerprint density at radius 1 is 1.17 bits per heavy atom. The molecule has 1 atom stereocenters. The third-order valence-electron chi connectivity index (χ3n) is 3.56. The van der Waals surface area contributed by atoms with E-state index in [1.54, 1.807) is 25.1 Å². The molecule has 0 N–H and O–H groups in total. The summed E-state index contributed by atoms with van der Waals surface area (Å²) in [4.78, 5) is 8.91. The Morgan fingerprint density at radius 3 is 2.54 bits per heavy atom. The molecule has 0 bridgehead atoms. The van der Waals surface area contributed by atoms with Crippen LogP contribution in [0.1, 0.15) is 43.7 Å². The summed E-state index contributed by atoms with van der Waals surface area (Å²) in [5.74, 6) is 2.43. The smallest absolute Gasteiger partial charge is 0.239 e. The molecular formula is C17H20N4O2S. The molecule has 0 aliphatic carbocycles. The highest BCUT2D eigenvalue weighted by Gasteiger charge is 2.19. The largest absolute Gasteiger partial charge is 0.497 e. The molecule has 24 heavy (non-hydrogen) atoms. The zero-order valence-corrected chi connectivity index (χ0v) is 14.9. The van der Waals surface area contributed by atoms with E-state index in [-0.39, 0.29) is 11.2 Å². The minimum absolute atomic E-state index is 0.0180. The molecule has 6 nitrogen and oxygen atoms in total. The van der Waals surface area contributed by atoms with Crippen molar-refractivity contribution >= 4 is 11.8 Å². The van der Waals surface area contributed by atoms with Crippen molar-refractivity contribution in [2.75, 3.05) is 7.11 Å². The fraction of sp³-hybridized carbons (Fsp3) is 0.353. The molecular weight excluding hydrogens is 324 g/mol. The van der Waals surface area contributed by atoms with Crippen LogP contribution in [0.3, 0.4) is 0 Å². The fourth-order valence-corrected chi connectivity index (χ4v) is 3.09. The lowest BCUT2D eigenvalue weighted by molar-refractivity contribution is 0.373. The Kier molecular flexibility index (Phi) is 4.89. The molecule has 0 fully saturated rings. The van der Waals surface area contributed by atoms with E-state index in [0.717, 1.165) is 22.4 Å². The second-order valence-electron chi connectivity index (χ2n) is 5.68. The minimum atomic E-state index is 0.0180. The molecule has 7 heteroatoms. The first kappa shape index (κ1) is 16.6. The van der Waals surface area contributed by atoms with Gasteiger partial charge in [0, 0.05) is 24.0 Å². The maximum atomic E-state index is 5.38. The van der Waals surface area contributed by atoms with Gasteiger partial charge in [-0.3, -0.25) is 4.57 Å². The van der Waals surface area contributed by atoms with Crippen molar-refractivity contribution in [3.63, 3.8) is 0 Å². The van der Waals surface area contributed by atoms with Crippen molar-refractivity contribution in [3.8, 4) is 11.4 Å². The predicted octanol–water partition coefficient (Wildman–Crippen LogP) is 4.24. The fourth-order valence-electron chi connectivity index (χ4n) is 2.17. The van der Waals surface area contributed by atoms with Crippen LogP contribution >= 0.6 is 11.8 Å². The van der Waals surface area contributed by atoms with Crippen LogP contribution in [-0.4, -0.2) is 26.8 Å². The lowest BCUT2D eigenvalue weighted by Gasteiger charge is -2.10. The lowest BCUT2D eigenvalue weighted by Crippen LogP contribution is -1.98. The van der Waals surface area contributed by atoms with Gasteiger partial charge in [-0.15, -0.1) is 0 Å². The van der Waals surface area contributed by atoms with E-state index >= 15 is 0 Å². The number of hydrogen-bond acceptors (Lipinski definition) is 6. The van der Waals surface area contributed by atoms with Gasteiger partial charge in [0.25, 0.3) is 0 Å². The third-order valence-corrected chi connectivity index (χ3v) is 4.63. The normalized spacial score (nSPS) is 12.5. The quantitative estimate of drug-likeness (QED) is 0.623. The molecule has 1 aromatic carbocycles. The van der Waals surface area contributed by atoms with Crippen LogP contribution in [0.25, 0.3) is 5.69 Å². The van der Waals surface area contributed by atoms with E-state index in [4.69, 9.17) is 9.26 Å². The van der Waals surface area contributed by atoms with Crippen molar-refractivity contribution in [1.29, 1.82) is 0 Å². The monoisotopic (exact) mass is 344 g/mol. The number of aromatic nitrogens is 4. The number of rotatable bonds is 6. The number of hydrogen-bond donors (Lipinski definition) is 0. The van der Waals surface area contributed by atoms with Gasteiger partial charge < -0.3 is 9.26 Å². The lowest BCUT2D eigenvalue weighted by atomic mass is 10.2. The summed E-state index contributed by atoms with van der Waals surface area (Å²) in [7, 11) is 1.66. The average Bonchev–Trinajstić information content (AvgIpc) is 3.24. The minimum Gasteiger partial charge on any atom is -0.497 e. The molecule has 0 aliphatic heterocycles. The van der Waals surface area contributed by atoms with Gasteiger partial charge in [0.1, 0.15) is 5.75 Å². The van der Waals surface area contributed by atoms with Gasteiger partial charge in [0.05, 0.1) is 12.4 Å². The maximum absolute atomic E-state index is 5.38. The SMILES string of the molecule is COc1ccc(-n2ccnc2S[C@@H](C)c2nc(C(C)C)no2)cc1. The van der Waals surface area contributed by atoms with E-state index in [9.17, 15) is 0 Å². The van der Waals surface area contributed by atoms with Crippen LogP contribution in [0.2, 0.25) is 0 Å². The van der Waals surface area contributed by atoms with Crippen molar-refractivity contribution < 1.29 is 9.26 Å². The number of ether oxygens (including phenoxy) is 1. The number of thioether (sulfide) groups is 1. The molecule has 0 unspecified atom stereocenters. The van der Waals surface area contributed by atoms with Gasteiger partial charge in [-0.05, 0) is 31.2 Å². The van der Waals surface area contributed by atoms with E-state index in [1.807, 2.05) is 55.8 Å². The molecule has 0 radical (unpaired) electrons. The first-order valence-electron chi connectivity index (χ1n) is 7.76. The van der Waals surface area contributed by atoms with Gasteiger partial charge in [0.2, 0.25) is 5.89 Å². The second-order valence-corrected chi connectivity index (χ2v) is 6.99. The average molecular weight is 344 g/mol. The topological polar surface area (TPSA) is 66.0 Å². The highest BCUT2D eigenvalue weighted by molar-refractivity contribution is 7.99. The van der Waals surface area contributed by atoms with Crippen LogP contribution < -0.4 is 4.74 Å². The zero-order chi connectivity index (χ0) is 17.1. The van der Waals surface area contributed by atoms with Crippen molar-refractivity contribution in [3.05, 3.63) is 48.4 Å². The van der Waals surface area contributed by atoms with Crippen molar-refractivity contribution in [1.82, 2.24) is 19.7 Å². The van der Waals surface area contributed by atoms with Crippen LogP contribution in [0, 0.1) is 0 Å². The van der Waals surface area contributed by atoms with Gasteiger partial charge in [-0.1, -0.05) is 30.8 Å². The first-order chi connectivity index (χ1) is 11.6. The van der Waals surface area contributed by atoms with Crippen LogP contribution in [0.5, 0.6) is 5.75 Å². The zero-order valence-electron chi connectivity index (χ0n) is 14.1. The van der Waals surface area contributed by atoms with Crippen LogP contribution in [0.4, 0.5) is 0 Å². The maximum Gasteiger partial charge on any atom is 0.239 e. The van der Waals surface area contributed by atoms with E-state index < -0.39 is 0 Å². The summed E-state index contributed by atoms with van der Waals surface area (Å²) in [5, 5.41) is 4.92. The molecule has 126 valence electrons. The molecule has 3 aromatic rings. The Labute approximate surface area is 145 Å². The summed E-state index contributed by atoms with van der Waals surface area (Å²) < 4.78 is 12.6. The standard InChI is InChI=1S/C17H20N4O2S/c1-11(2)15-19-16(23-20-15)12(3)24-17-18-9-10-21(17)13-5-7-14(22-4)8-6-13/h5-12H,1-4H3/t12-/m0/s1. The summed E-state index contributed by atoms with van der Waals surface area (Å²) in [5.41, 5.74) is 1.02. The summed E-state index contributed by atoms with van der Waals surface area (Å²) >= 11 is 1.58. The molecule has 0 spiro atoms. The molecule has 0 saturated heterocycles. The van der Waals surface area contributed by atoms with Crippen molar-refractivity contribution in [2.24, 2.45) is 0 Å². The summed E-state index contributed by atoms with van der Waals surface area (Å²) in [6, 6.07) is 7.86. The molecule has 3 rings (SSSR count). The number of imidazole rings is 1. The third kappa shape index (κ3) is 3.46. The highest BCUT2D eigenvalue weighted by atomic mass is 32.2. The Hall–Kier alpha value is -2.28. The summed E-state index contributed by atoms with van der Waals surface area (Å²) in [6.45, 7) is 6.13. The number of methoxy groups -OCH3 is 1. The van der Waals surface area contributed by atoms with Gasteiger partial charge in [0.15, 0.2) is 11.0 Å². The summed E-state index contributed by atoms with van der Waals surface area (Å²) in [6.07, 6.45) is 3.72. The Bertz CT molecular complexity index is 795. The number of nitrogens with zero attached hydrogens (tertiary/aromatic N) is 4.